The van der Waals surface area contributed by atoms with Gasteiger partial charge >= 0.3 is 5.97 Å². The minimum absolute atomic E-state index is 0.0168. The molecule has 1 aliphatic rings. The Labute approximate surface area is 123 Å². The van der Waals surface area contributed by atoms with E-state index in [9.17, 15) is 14.0 Å². The first-order valence-electron chi connectivity index (χ1n) is 7.22. The lowest BCUT2D eigenvalue weighted by Crippen LogP contribution is -2.46. The normalized spacial score (nSPS) is 21.6. The molecule has 1 N–H and O–H groups in total. The number of hydrogen-bond acceptors (Lipinski definition) is 3. The maximum atomic E-state index is 13.5. The molecule has 4 nitrogen and oxygen atoms in total. The van der Waals surface area contributed by atoms with Crippen molar-refractivity contribution in [2.45, 2.75) is 38.1 Å². The molecule has 5 heteroatoms. The molecule has 0 bridgehead atoms. The van der Waals surface area contributed by atoms with Crippen LogP contribution in [0.25, 0.3) is 0 Å². The van der Waals surface area contributed by atoms with Gasteiger partial charge in [0.05, 0.1) is 19.4 Å². The largest absolute Gasteiger partial charge is 0.469 e. The van der Waals surface area contributed by atoms with Crippen LogP contribution in [-0.2, 0) is 20.7 Å². The second-order valence-corrected chi connectivity index (χ2v) is 5.36. The standard InChI is InChI=1S/C16H20FNO3/c1-21-16(20)12-7-3-5-9-14(12)18-15(19)10-11-6-2-4-8-13(11)17/h2,4,6,8,12,14H,3,5,7,9-10H2,1H3,(H,18,19)/t12-,14+/m1/s1. The lowest BCUT2D eigenvalue weighted by Gasteiger charge is -2.30. The lowest BCUT2D eigenvalue weighted by atomic mass is 9.84. The Balaban J connectivity index is 1.97. The highest BCUT2D eigenvalue weighted by Gasteiger charge is 2.32. The van der Waals surface area contributed by atoms with Crippen molar-refractivity contribution >= 4 is 11.9 Å². The Morgan fingerprint density at radius 2 is 2.00 bits per heavy atom. The van der Waals surface area contributed by atoms with E-state index in [-0.39, 0.29) is 36.1 Å². The summed E-state index contributed by atoms with van der Waals surface area (Å²) in [6, 6.07) is 5.99. The zero-order valence-electron chi connectivity index (χ0n) is 12.1. The fourth-order valence-corrected chi connectivity index (χ4v) is 2.81. The van der Waals surface area contributed by atoms with E-state index in [4.69, 9.17) is 4.74 Å². The summed E-state index contributed by atoms with van der Waals surface area (Å²) in [5.41, 5.74) is 0.362. The summed E-state index contributed by atoms with van der Waals surface area (Å²) in [5.74, 6) is -1.24. The van der Waals surface area contributed by atoms with E-state index in [0.717, 1.165) is 25.7 Å². The molecule has 1 saturated carbocycles. The van der Waals surface area contributed by atoms with Gasteiger partial charge in [0.25, 0.3) is 0 Å². The van der Waals surface area contributed by atoms with Gasteiger partial charge in [-0.25, -0.2) is 4.39 Å². The van der Waals surface area contributed by atoms with Gasteiger partial charge in [-0.1, -0.05) is 31.0 Å². The van der Waals surface area contributed by atoms with E-state index in [1.54, 1.807) is 18.2 Å². The average molecular weight is 293 g/mol. The number of benzene rings is 1. The van der Waals surface area contributed by atoms with Gasteiger partial charge in [-0.3, -0.25) is 9.59 Å². The first kappa shape index (κ1) is 15.5. The topological polar surface area (TPSA) is 55.4 Å². The number of esters is 1. The quantitative estimate of drug-likeness (QED) is 0.866. The average Bonchev–Trinajstić information content (AvgIpc) is 2.49. The SMILES string of the molecule is COC(=O)[C@@H]1CCCC[C@@H]1NC(=O)Cc1ccccc1F. The highest BCUT2D eigenvalue weighted by molar-refractivity contribution is 5.80. The molecule has 0 radical (unpaired) electrons. The van der Waals surface area contributed by atoms with Gasteiger partial charge in [0, 0.05) is 6.04 Å². The minimum Gasteiger partial charge on any atom is -0.469 e. The van der Waals surface area contributed by atoms with Gasteiger partial charge in [0.15, 0.2) is 0 Å². The van der Waals surface area contributed by atoms with Gasteiger partial charge in [0.1, 0.15) is 5.82 Å². The summed E-state index contributed by atoms with van der Waals surface area (Å²) in [4.78, 5) is 23.8. The lowest BCUT2D eigenvalue weighted by molar-refractivity contribution is -0.147. The number of methoxy groups -OCH3 is 1. The van der Waals surface area contributed by atoms with Crippen molar-refractivity contribution in [2.24, 2.45) is 5.92 Å². The zero-order chi connectivity index (χ0) is 15.2. The van der Waals surface area contributed by atoms with E-state index in [1.807, 2.05) is 0 Å². The van der Waals surface area contributed by atoms with E-state index in [1.165, 1.54) is 13.2 Å². The Hall–Kier alpha value is -1.91. The molecule has 2 rings (SSSR count). The molecule has 0 spiro atoms. The number of ether oxygens (including phenoxy) is 1. The minimum atomic E-state index is -0.388. The Bertz CT molecular complexity index is 518. The Kier molecular flexibility index (Phi) is 5.31. The Morgan fingerprint density at radius 1 is 1.29 bits per heavy atom. The van der Waals surface area contributed by atoms with Crippen LogP contribution in [0, 0.1) is 11.7 Å². The van der Waals surface area contributed by atoms with Crippen molar-refractivity contribution in [3.63, 3.8) is 0 Å². The molecule has 114 valence electrons. The molecule has 1 fully saturated rings. The summed E-state index contributed by atoms with van der Waals surface area (Å²) in [7, 11) is 1.36. The number of nitrogens with one attached hydrogen (secondary N) is 1. The fourth-order valence-electron chi connectivity index (χ4n) is 2.81. The monoisotopic (exact) mass is 293 g/mol. The molecular formula is C16H20FNO3. The third-order valence-corrected chi connectivity index (χ3v) is 3.93. The first-order valence-corrected chi connectivity index (χ1v) is 7.22. The van der Waals surface area contributed by atoms with Crippen LogP contribution in [0.3, 0.4) is 0 Å². The summed E-state index contributed by atoms with van der Waals surface area (Å²) in [5, 5.41) is 2.85. The second kappa shape index (κ2) is 7.20. The van der Waals surface area contributed by atoms with Crippen LogP contribution >= 0.6 is 0 Å². The third-order valence-electron chi connectivity index (χ3n) is 3.93. The molecule has 21 heavy (non-hydrogen) atoms. The number of rotatable bonds is 4. The molecule has 2 atom stereocenters. The molecule has 1 amide bonds. The molecule has 0 saturated heterocycles. The van der Waals surface area contributed by atoms with E-state index in [2.05, 4.69) is 5.32 Å². The molecule has 1 aromatic carbocycles. The van der Waals surface area contributed by atoms with E-state index < -0.39 is 0 Å². The Morgan fingerprint density at radius 3 is 2.71 bits per heavy atom. The molecule has 0 aromatic heterocycles. The smallest absolute Gasteiger partial charge is 0.310 e. The number of halogens is 1. The predicted molar refractivity (Wildman–Crippen MR) is 76.0 cm³/mol. The highest BCUT2D eigenvalue weighted by Crippen LogP contribution is 2.25. The number of carbonyl (C=O) groups excluding carboxylic acids is 2. The molecule has 0 heterocycles. The highest BCUT2D eigenvalue weighted by atomic mass is 19.1. The summed E-state index contributed by atoms with van der Waals surface area (Å²) < 4.78 is 18.3. The van der Waals surface area contributed by atoms with Crippen molar-refractivity contribution in [3.05, 3.63) is 35.6 Å². The molecular weight excluding hydrogens is 273 g/mol. The van der Waals surface area contributed by atoms with E-state index >= 15 is 0 Å². The van der Waals surface area contributed by atoms with Gasteiger partial charge in [-0.05, 0) is 24.5 Å². The van der Waals surface area contributed by atoms with Crippen molar-refractivity contribution in [2.75, 3.05) is 7.11 Å². The molecule has 1 aliphatic carbocycles. The maximum absolute atomic E-state index is 13.5. The molecule has 1 aromatic rings. The summed E-state index contributed by atoms with van der Waals surface area (Å²) in [6.45, 7) is 0. The predicted octanol–water partition coefficient (Wildman–Crippen LogP) is 2.22. The van der Waals surface area contributed by atoms with Crippen LogP contribution in [0.5, 0.6) is 0 Å². The van der Waals surface area contributed by atoms with Crippen LogP contribution in [0.1, 0.15) is 31.2 Å². The fraction of sp³-hybridized carbons (Fsp3) is 0.500. The summed E-state index contributed by atoms with van der Waals surface area (Å²) >= 11 is 0. The van der Waals surface area contributed by atoms with Crippen LogP contribution in [-0.4, -0.2) is 25.0 Å². The second-order valence-electron chi connectivity index (χ2n) is 5.36. The van der Waals surface area contributed by atoms with Crippen LogP contribution < -0.4 is 5.32 Å². The van der Waals surface area contributed by atoms with Crippen molar-refractivity contribution < 1.29 is 18.7 Å². The van der Waals surface area contributed by atoms with Crippen LogP contribution in [0.2, 0.25) is 0 Å². The molecule has 0 unspecified atom stereocenters. The number of hydrogen-bond donors (Lipinski definition) is 1. The van der Waals surface area contributed by atoms with Crippen molar-refractivity contribution in [1.82, 2.24) is 5.32 Å². The number of amides is 1. The summed E-state index contributed by atoms with van der Waals surface area (Å²) in [6.07, 6.45) is 3.38. The van der Waals surface area contributed by atoms with Gasteiger partial charge in [-0.2, -0.15) is 0 Å². The molecule has 0 aliphatic heterocycles. The van der Waals surface area contributed by atoms with Crippen molar-refractivity contribution in [1.29, 1.82) is 0 Å². The first-order chi connectivity index (χ1) is 10.1. The zero-order valence-corrected chi connectivity index (χ0v) is 12.1. The van der Waals surface area contributed by atoms with Gasteiger partial charge in [0.2, 0.25) is 5.91 Å². The third kappa shape index (κ3) is 4.03. The number of carbonyl (C=O) groups is 2. The van der Waals surface area contributed by atoms with Gasteiger partial charge in [-0.15, -0.1) is 0 Å². The van der Waals surface area contributed by atoms with E-state index in [0.29, 0.717) is 5.56 Å². The maximum Gasteiger partial charge on any atom is 0.310 e. The van der Waals surface area contributed by atoms with Crippen molar-refractivity contribution in [3.8, 4) is 0 Å². The van der Waals surface area contributed by atoms with Crippen LogP contribution in [0.4, 0.5) is 4.39 Å². The van der Waals surface area contributed by atoms with Crippen LogP contribution in [0.15, 0.2) is 24.3 Å². The van der Waals surface area contributed by atoms with Gasteiger partial charge < -0.3 is 10.1 Å².